The summed E-state index contributed by atoms with van der Waals surface area (Å²) in [6.45, 7) is 1.60. The van der Waals surface area contributed by atoms with Crippen molar-refractivity contribution < 1.29 is 23.8 Å². The van der Waals surface area contributed by atoms with Crippen LogP contribution in [0.25, 0.3) is 11.1 Å². The van der Waals surface area contributed by atoms with Crippen LogP contribution in [0.4, 0.5) is 4.39 Å². The molecule has 2 aromatic carbocycles. The monoisotopic (exact) mass is 290 g/mol. The molecular formula is C16H15FO4. The number of methoxy groups -OCH3 is 2. The summed E-state index contributed by atoms with van der Waals surface area (Å²) in [4.78, 5) is 11.1. The maximum Gasteiger partial charge on any atom is 0.335 e. The molecule has 21 heavy (non-hydrogen) atoms. The zero-order chi connectivity index (χ0) is 15.6. The lowest BCUT2D eigenvalue weighted by atomic mass is 9.97. The van der Waals surface area contributed by atoms with Crippen molar-refractivity contribution >= 4 is 5.97 Å². The number of hydrogen-bond donors (Lipinski definition) is 1. The van der Waals surface area contributed by atoms with Crippen molar-refractivity contribution in [2.45, 2.75) is 6.92 Å². The number of ether oxygens (including phenoxy) is 2. The Kier molecular flexibility index (Phi) is 4.12. The molecule has 0 saturated heterocycles. The first-order valence-electron chi connectivity index (χ1n) is 6.23. The minimum Gasteiger partial charge on any atom is -0.497 e. The van der Waals surface area contributed by atoms with E-state index in [9.17, 15) is 9.18 Å². The van der Waals surface area contributed by atoms with Gasteiger partial charge in [0.15, 0.2) is 0 Å². The maximum atomic E-state index is 13.9. The zero-order valence-corrected chi connectivity index (χ0v) is 11.9. The third-order valence-corrected chi connectivity index (χ3v) is 3.25. The third kappa shape index (κ3) is 2.97. The van der Waals surface area contributed by atoms with E-state index in [0.29, 0.717) is 28.2 Å². The van der Waals surface area contributed by atoms with E-state index >= 15 is 0 Å². The van der Waals surface area contributed by atoms with Crippen LogP contribution in [0.15, 0.2) is 30.3 Å². The van der Waals surface area contributed by atoms with Crippen LogP contribution in [-0.4, -0.2) is 25.3 Å². The second kappa shape index (κ2) is 5.83. The van der Waals surface area contributed by atoms with E-state index in [1.807, 2.05) is 0 Å². The predicted octanol–water partition coefficient (Wildman–Crippen LogP) is 3.52. The first-order chi connectivity index (χ1) is 9.96. The lowest BCUT2D eigenvalue weighted by molar-refractivity contribution is 0.0696. The van der Waals surface area contributed by atoms with Gasteiger partial charge in [-0.3, -0.25) is 0 Å². The maximum absolute atomic E-state index is 13.9. The molecule has 0 unspecified atom stereocenters. The summed E-state index contributed by atoms with van der Waals surface area (Å²) >= 11 is 0. The van der Waals surface area contributed by atoms with Crippen molar-refractivity contribution in [2.75, 3.05) is 14.2 Å². The summed E-state index contributed by atoms with van der Waals surface area (Å²) in [5.74, 6) is -0.647. The number of rotatable bonds is 4. The number of carboxylic acids is 1. The van der Waals surface area contributed by atoms with Crippen LogP contribution in [0.3, 0.4) is 0 Å². The number of halogens is 1. The van der Waals surface area contributed by atoms with E-state index in [1.54, 1.807) is 25.1 Å². The Bertz CT molecular complexity index is 673. The molecule has 0 amide bonds. The van der Waals surface area contributed by atoms with Crippen molar-refractivity contribution in [1.29, 1.82) is 0 Å². The second-order valence-electron chi connectivity index (χ2n) is 4.54. The Hall–Kier alpha value is -2.56. The minimum atomic E-state index is -1.18. The molecule has 0 fully saturated rings. The molecule has 2 aromatic rings. The Balaban J connectivity index is 2.68. The predicted molar refractivity (Wildman–Crippen MR) is 76.6 cm³/mol. The molecule has 2 rings (SSSR count). The smallest absolute Gasteiger partial charge is 0.335 e. The van der Waals surface area contributed by atoms with Gasteiger partial charge in [-0.1, -0.05) is 0 Å². The Morgan fingerprint density at radius 2 is 1.62 bits per heavy atom. The van der Waals surface area contributed by atoms with E-state index in [2.05, 4.69) is 0 Å². The van der Waals surface area contributed by atoms with Gasteiger partial charge in [0.2, 0.25) is 0 Å². The van der Waals surface area contributed by atoms with Crippen LogP contribution in [0.2, 0.25) is 0 Å². The van der Waals surface area contributed by atoms with Crippen LogP contribution < -0.4 is 9.47 Å². The van der Waals surface area contributed by atoms with Gasteiger partial charge < -0.3 is 14.6 Å². The van der Waals surface area contributed by atoms with E-state index in [-0.39, 0.29) is 5.56 Å². The normalized spacial score (nSPS) is 10.3. The molecule has 0 aliphatic rings. The number of aromatic carboxylic acids is 1. The molecule has 0 aliphatic carbocycles. The van der Waals surface area contributed by atoms with Crippen LogP contribution in [0, 0.1) is 12.7 Å². The molecule has 5 heteroatoms. The first-order valence-corrected chi connectivity index (χ1v) is 6.23. The second-order valence-corrected chi connectivity index (χ2v) is 4.54. The summed E-state index contributed by atoms with van der Waals surface area (Å²) in [6.07, 6.45) is 0. The summed E-state index contributed by atoms with van der Waals surface area (Å²) in [6, 6.07) is 7.55. The van der Waals surface area contributed by atoms with Gasteiger partial charge in [0, 0.05) is 6.07 Å². The topological polar surface area (TPSA) is 55.8 Å². The molecule has 4 nitrogen and oxygen atoms in total. The molecule has 0 saturated carbocycles. The standard InChI is InChI=1S/C16H15FO4/c1-9-14(6-11(16(18)19)7-15(9)17)10-4-12(20-2)8-13(5-10)21-3/h4-8H,1-3H3,(H,18,19). The first kappa shape index (κ1) is 14.8. The van der Waals surface area contributed by atoms with Gasteiger partial charge in [0.25, 0.3) is 0 Å². The van der Waals surface area contributed by atoms with Crippen LogP contribution in [0.5, 0.6) is 11.5 Å². The van der Waals surface area contributed by atoms with Gasteiger partial charge >= 0.3 is 5.97 Å². The van der Waals surface area contributed by atoms with E-state index in [1.165, 1.54) is 20.3 Å². The Labute approximate surface area is 121 Å². The lowest BCUT2D eigenvalue weighted by Gasteiger charge is -2.12. The van der Waals surface area contributed by atoms with Crippen molar-refractivity contribution in [3.63, 3.8) is 0 Å². The molecule has 0 atom stereocenters. The van der Waals surface area contributed by atoms with Crippen molar-refractivity contribution in [3.05, 3.63) is 47.3 Å². The third-order valence-electron chi connectivity index (χ3n) is 3.25. The van der Waals surface area contributed by atoms with E-state index in [4.69, 9.17) is 14.6 Å². The fourth-order valence-electron chi connectivity index (χ4n) is 2.07. The average molecular weight is 290 g/mol. The molecule has 0 radical (unpaired) electrons. The highest BCUT2D eigenvalue weighted by Crippen LogP contribution is 2.33. The average Bonchev–Trinajstić information content (AvgIpc) is 2.48. The van der Waals surface area contributed by atoms with Gasteiger partial charge in [0.05, 0.1) is 19.8 Å². The van der Waals surface area contributed by atoms with Crippen molar-refractivity contribution in [2.24, 2.45) is 0 Å². The molecule has 0 heterocycles. The van der Waals surface area contributed by atoms with Gasteiger partial charge in [-0.15, -0.1) is 0 Å². The van der Waals surface area contributed by atoms with Crippen molar-refractivity contribution in [1.82, 2.24) is 0 Å². The van der Waals surface area contributed by atoms with E-state index < -0.39 is 11.8 Å². The summed E-state index contributed by atoms with van der Waals surface area (Å²) in [7, 11) is 3.03. The molecule has 0 aliphatic heterocycles. The van der Waals surface area contributed by atoms with Crippen LogP contribution in [-0.2, 0) is 0 Å². The highest BCUT2D eigenvalue weighted by molar-refractivity contribution is 5.90. The van der Waals surface area contributed by atoms with Gasteiger partial charge in [0.1, 0.15) is 17.3 Å². The number of benzene rings is 2. The molecule has 110 valence electrons. The van der Waals surface area contributed by atoms with Gasteiger partial charge in [-0.2, -0.15) is 0 Å². The zero-order valence-electron chi connectivity index (χ0n) is 11.9. The quantitative estimate of drug-likeness (QED) is 0.936. The summed E-state index contributed by atoms with van der Waals surface area (Å²) in [5, 5.41) is 9.06. The molecule has 0 aromatic heterocycles. The molecule has 1 N–H and O–H groups in total. The fourth-order valence-corrected chi connectivity index (χ4v) is 2.07. The molecule has 0 bridgehead atoms. The van der Waals surface area contributed by atoms with Crippen molar-refractivity contribution in [3.8, 4) is 22.6 Å². The van der Waals surface area contributed by atoms with Crippen LogP contribution in [0.1, 0.15) is 15.9 Å². The minimum absolute atomic E-state index is 0.102. The molecule has 0 spiro atoms. The largest absolute Gasteiger partial charge is 0.497 e. The Morgan fingerprint density at radius 3 is 2.10 bits per heavy atom. The highest BCUT2D eigenvalue weighted by Gasteiger charge is 2.14. The van der Waals surface area contributed by atoms with Gasteiger partial charge in [-0.05, 0) is 47.9 Å². The lowest BCUT2D eigenvalue weighted by Crippen LogP contribution is -2.00. The Morgan fingerprint density at radius 1 is 1.05 bits per heavy atom. The number of carboxylic acid groups (broad SMARTS) is 1. The fraction of sp³-hybridized carbons (Fsp3) is 0.188. The SMILES string of the molecule is COc1cc(OC)cc(-c2cc(C(=O)O)cc(F)c2C)c1. The highest BCUT2D eigenvalue weighted by atomic mass is 19.1. The molecular weight excluding hydrogens is 275 g/mol. The summed E-state index contributed by atoms with van der Waals surface area (Å²) < 4.78 is 24.3. The van der Waals surface area contributed by atoms with Crippen LogP contribution >= 0.6 is 0 Å². The van der Waals surface area contributed by atoms with Gasteiger partial charge in [-0.25, -0.2) is 9.18 Å². The van der Waals surface area contributed by atoms with E-state index in [0.717, 1.165) is 6.07 Å². The summed E-state index contributed by atoms with van der Waals surface area (Å²) in [5.41, 5.74) is 1.39. The number of hydrogen-bond acceptors (Lipinski definition) is 3. The number of carbonyl (C=O) groups is 1.